The second kappa shape index (κ2) is 17.4. The maximum Gasteiger partial charge on any atom is 0.0713 e. The summed E-state index contributed by atoms with van der Waals surface area (Å²) in [6.07, 6.45) is 7.37. The first-order valence-corrected chi connectivity index (χ1v) is 24.5. The molecule has 0 aromatic heterocycles. The van der Waals surface area contributed by atoms with Gasteiger partial charge in [0.1, 0.15) is 0 Å². The lowest BCUT2D eigenvalue weighted by atomic mass is 9.64. The highest BCUT2D eigenvalue weighted by Gasteiger charge is 2.50. The van der Waals surface area contributed by atoms with E-state index in [-0.39, 0.29) is 5.41 Å². The molecular weight excluding hydrogens is 829 g/mol. The van der Waals surface area contributed by atoms with Crippen molar-refractivity contribution in [1.29, 1.82) is 0 Å². The zero-order valence-electron chi connectivity index (χ0n) is 40.4. The molecule has 4 aliphatic carbocycles. The Balaban J connectivity index is 0.000000176. The van der Waals surface area contributed by atoms with E-state index in [0.717, 1.165) is 6.42 Å². The number of fused-ring (bicyclic) bond motifs is 9. The topological polar surface area (TPSA) is 0 Å². The molecule has 13 rings (SSSR count). The quantitative estimate of drug-likeness (QED) is 0.165. The van der Waals surface area contributed by atoms with Crippen molar-refractivity contribution in [3.05, 3.63) is 321 Å². The van der Waals surface area contributed by atoms with Gasteiger partial charge < -0.3 is 0 Å². The van der Waals surface area contributed by atoms with E-state index < -0.39 is 10.8 Å². The molecule has 0 heteroatoms. The lowest BCUT2D eigenvalue weighted by Gasteiger charge is -2.37. The predicted octanol–water partition coefficient (Wildman–Crippen LogP) is 17.5. The molecule has 0 aliphatic heterocycles. The third kappa shape index (κ3) is 7.04. The van der Waals surface area contributed by atoms with E-state index in [1.165, 1.54) is 111 Å². The number of aryl methyl sites for hydroxylation is 2. The zero-order chi connectivity index (χ0) is 47.3. The summed E-state index contributed by atoms with van der Waals surface area (Å²) in [7, 11) is 0. The second-order valence-electron chi connectivity index (χ2n) is 19.9. The Bertz CT molecular complexity index is 3380. The van der Waals surface area contributed by atoms with Crippen LogP contribution < -0.4 is 0 Å². The fraction of sp³-hybridized carbons (Fsp3) is 0.130. The first-order chi connectivity index (χ1) is 33.6. The van der Waals surface area contributed by atoms with E-state index in [1.54, 1.807) is 0 Å². The molecule has 0 amide bonds. The van der Waals surface area contributed by atoms with Crippen molar-refractivity contribution in [2.45, 2.75) is 57.3 Å². The van der Waals surface area contributed by atoms with E-state index in [1.807, 2.05) is 0 Å². The lowest BCUT2D eigenvalue weighted by molar-refractivity contribution is 0.660. The van der Waals surface area contributed by atoms with Crippen LogP contribution in [0, 0.1) is 13.8 Å². The SMILES string of the molecule is C=C1C=CC(C)=CC1.Cc1ccc(C2(c3ccc4c(c3)C(c3ccccc3)(c3ccccc3)c3ccccc3-4)c3ccccc3-c3ccccc32)cc1.Cc1ccc2c(c1)C(C)(C)c1ccccc1-2. The predicted molar refractivity (Wildman–Crippen MR) is 291 cm³/mol. The molecule has 0 saturated carbocycles. The summed E-state index contributed by atoms with van der Waals surface area (Å²) < 4.78 is 0. The van der Waals surface area contributed by atoms with Gasteiger partial charge in [-0.05, 0) is 116 Å². The molecule has 0 atom stereocenters. The van der Waals surface area contributed by atoms with Crippen LogP contribution in [0.4, 0.5) is 0 Å². The Morgan fingerprint density at radius 2 is 0.725 bits per heavy atom. The number of allylic oxidation sites excluding steroid dienone is 5. The van der Waals surface area contributed by atoms with Crippen molar-refractivity contribution in [3.63, 3.8) is 0 Å². The van der Waals surface area contributed by atoms with Gasteiger partial charge in [-0.25, -0.2) is 0 Å². The van der Waals surface area contributed by atoms with Crippen molar-refractivity contribution in [2.24, 2.45) is 0 Å². The standard InChI is InChI=1S/C45H32.C16H16.C8H10/c1-31-24-26-34(27-25-31)45(41-22-12-8-18-36(41)37-19-9-13-23-42(37)45)35-28-29-39-38-20-10-11-21-40(38)44(43(39)30-35,32-14-4-2-5-15-32)33-16-6-3-7-17-33;1-11-8-9-13-12-6-4-5-7-14(12)16(2,3)15(13)10-11;1-7-3-5-8(2)6-4-7/h2-30H,1H3;4-10H,1-3H3;3,5-6H,1,4H2,2H3. The van der Waals surface area contributed by atoms with Gasteiger partial charge in [0.25, 0.3) is 0 Å². The monoisotopic (exact) mass is 886 g/mol. The van der Waals surface area contributed by atoms with Crippen molar-refractivity contribution < 1.29 is 0 Å². The molecule has 0 unspecified atom stereocenters. The molecule has 4 aliphatic rings. The van der Waals surface area contributed by atoms with Gasteiger partial charge in [0, 0.05) is 5.41 Å². The summed E-state index contributed by atoms with van der Waals surface area (Å²) in [6.45, 7) is 14.9. The molecule has 0 N–H and O–H groups in total. The van der Waals surface area contributed by atoms with Gasteiger partial charge in [-0.3, -0.25) is 0 Å². The zero-order valence-corrected chi connectivity index (χ0v) is 40.4. The van der Waals surface area contributed by atoms with Gasteiger partial charge in [0.15, 0.2) is 0 Å². The highest BCUT2D eigenvalue weighted by molar-refractivity contribution is 5.90. The molecule has 9 aromatic carbocycles. The molecule has 0 radical (unpaired) electrons. The van der Waals surface area contributed by atoms with Gasteiger partial charge in [0.05, 0.1) is 10.8 Å². The summed E-state index contributed by atoms with van der Waals surface area (Å²) in [6, 6.07) is 81.4. The van der Waals surface area contributed by atoms with Gasteiger partial charge in [-0.15, -0.1) is 0 Å². The van der Waals surface area contributed by atoms with E-state index in [0.29, 0.717) is 0 Å². The summed E-state index contributed by atoms with van der Waals surface area (Å²) in [5.41, 5.74) is 25.9. The number of rotatable bonds is 4. The van der Waals surface area contributed by atoms with Gasteiger partial charge in [-0.1, -0.05) is 279 Å². The number of hydrogen-bond acceptors (Lipinski definition) is 0. The minimum Gasteiger partial charge on any atom is -0.0955 e. The molecular formula is C69H58. The van der Waals surface area contributed by atoms with Crippen molar-refractivity contribution in [3.8, 4) is 33.4 Å². The van der Waals surface area contributed by atoms with Crippen LogP contribution in [-0.4, -0.2) is 0 Å². The summed E-state index contributed by atoms with van der Waals surface area (Å²) in [5.74, 6) is 0. The van der Waals surface area contributed by atoms with Crippen LogP contribution in [0.2, 0.25) is 0 Å². The van der Waals surface area contributed by atoms with Crippen molar-refractivity contribution >= 4 is 0 Å². The van der Waals surface area contributed by atoms with Crippen LogP contribution >= 0.6 is 0 Å². The van der Waals surface area contributed by atoms with Crippen molar-refractivity contribution in [1.82, 2.24) is 0 Å². The number of hydrogen-bond donors (Lipinski definition) is 0. The van der Waals surface area contributed by atoms with E-state index in [9.17, 15) is 0 Å². The average molecular weight is 887 g/mol. The van der Waals surface area contributed by atoms with E-state index >= 15 is 0 Å². The Labute approximate surface area is 409 Å². The van der Waals surface area contributed by atoms with Crippen LogP contribution in [0.25, 0.3) is 33.4 Å². The first-order valence-electron chi connectivity index (χ1n) is 24.5. The van der Waals surface area contributed by atoms with Gasteiger partial charge in [0.2, 0.25) is 0 Å². The molecule has 9 aromatic rings. The van der Waals surface area contributed by atoms with Crippen LogP contribution in [-0.2, 0) is 16.2 Å². The lowest BCUT2D eigenvalue weighted by Crippen LogP contribution is -2.31. The Morgan fingerprint density at radius 3 is 1.23 bits per heavy atom. The van der Waals surface area contributed by atoms with Crippen LogP contribution in [0.15, 0.2) is 254 Å². The Kier molecular flexibility index (Phi) is 11.0. The second-order valence-corrected chi connectivity index (χ2v) is 19.9. The highest BCUT2D eigenvalue weighted by atomic mass is 14.5. The molecule has 0 fully saturated rings. The third-order valence-electron chi connectivity index (χ3n) is 15.3. The maximum absolute atomic E-state index is 3.82. The Morgan fingerprint density at radius 1 is 0.333 bits per heavy atom. The molecule has 0 bridgehead atoms. The minimum atomic E-state index is -0.455. The summed E-state index contributed by atoms with van der Waals surface area (Å²) >= 11 is 0. The van der Waals surface area contributed by atoms with E-state index in [4.69, 9.17) is 0 Å². The Hall–Kier alpha value is -7.80. The fourth-order valence-corrected chi connectivity index (χ4v) is 12.0. The van der Waals surface area contributed by atoms with Crippen LogP contribution in [0.5, 0.6) is 0 Å². The average Bonchev–Trinajstić information content (AvgIpc) is 3.95. The third-order valence-corrected chi connectivity index (χ3v) is 15.3. The smallest absolute Gasteiger partial charge is 0.0713 e. The largest absolute Gasteiger partial charge is 0.0955 e. The van der Waals surface area contributed by atoms with Gasteiger partial charge in [-0.2, -0.15) is 0 Å². The first kappa shape index (κ1) is 43.8. The van der Waals surface area contributed by atoms with Gasteiger partial charge >= 0.3 is 0 Å². The summed E-state index contributed by atoms with van der Waals surface area (Å²) in [5, 5.41) is 0. The molecule has 0 saturated heterocycles. The highest BCUT2D eigenvalue weighted by Crippen LogP contribution is 2.60. The molecule has 69 heavy (non-hydrogen) atoms. The molecule has 0 spiro atoms. The number of benzene rings is 9. The fourth-order valence-electron chi connectivity index (χ4n) is 12.0. The molecule has 0 heterocycles. The maximum atomic E-state index is 3.82. The molecule has 0 nitrogen and oxygen atoms in total. The van der Waals surface area contributed by atoms with Crippen molar-refractivity contribution in [2.75, 3.05) is 0 Å². The summed E-state index contributed by atoms with van der Waals surface area (Å²) in [4.78, 5) is 0. The molecule has 334 valence electrons. The van der Waals surface area contributed by atoms with E-state index in [2.05, 4.69) is 278 Å². The normalized spacial score (nSPS) is 15.4. The van der Waals surface area contributed by atoms with Crippen LogP contribution in [0.1, 0.15) is 94.0 Å². The van der Waals surface area contributed by atoms with Crippen LogP contribution in [0.3, 0.4) is 0 Å². The minimum absolute atomic E-state index is 0.151.